The van der Waals surface area contributed by atoms with Gasteiger partial charge in [-0.25, -0.2) is 0 Å². The molecule has 7 heteroatoms. The normalized spacial score (nSPS) is 22.1. The molecule has 2 aliphatic heterocycles. The van der Waals surface area contributed by atoms with Crippen LogP contribution >= 0.6 is 11.6 Å². The van der Waals surface area contributed by atoms with Crippen molar-refractivity contribution in [1.29, 1.82) is 0 Å². The highest BCUT2D eigenvalue weighted by Crippen LogP contribution is 2.23. The second-order valence-electron chi connectivity index (χ2n) is 7.89. The van der Waals surface area contributed by atoms with Crippen molar-refractivity contribution in [2.45, 2.75) is 31.8 Å². The highest BCUT2D eigenvalue weighted by atomic mass is 35.5. The fourth-order valence-electron chi connectivity index (χ4n) is 3.75. The molecule has 1 atom stereocenters. The van der Waals surface area contributed by atoms with Gasteiger partial charge in [-0.1, -0.05) is 17.7 Å². The molecule has 2 heterocycles. The van der Waals surface area contributed by atoms with Crippen molar-refractivity contribution >= 4 is 23.2 Å². The van der Waals surface area contributed by atoms with Gasteiger partial charge < -0.3 is 20.3 Å². The van der Waals surface area contributed by atoms with Crippen molar-refractivity contribution in [3.63, 3.8) is 0 Å². The van der Waals surface area contributed by atoms with Gasteiger partial charge in [-0.05, 0) is 38.5 Å². The molecule has 3 rings (SSSR count). The van der Waals surface area contributed by atoms with E-state index in [9.17, 15) is 0 Å². The second-order valence-corrected chi connectivity index (χ2v) is 8.33. The molecule has 0 amide bonds. The topological polar surface area (TPSA) is 52.1 Å². The summed E-state index contributed by atoms with van der Waals surface area (Å²) in [7, 11) is 1.83. The van der Waals surface area contributed by atoms with E-state index in [0.29, 0.717) is 6.04 Å². The van der Waals surface area contributed by atoms with Gasteiger partial charge in [0, 0.05) is 62.1 Å². The van der Waals surface area contributed by atoms with Crippen LogP contribution in [-0.2, 0) is 4.74 Å². The highest BCUT2D eigenvalue weighted by molar-refractivity contribution is 6.30. The Morgan fingerprint density at radius 2 is 2.07 bits per heavy atom. The number of hydrogen-bond donors (Lipinski definition) is 2. The molecular weight excluding hydrogens is 362 g/mol. The molecule has 0 radical (unpaired) electrons. The summed E-state index contributed by atoms with van der Waals surface area (Å²) in [6.07, 6.45) is 1.08. The van der Waals surface area contributed by atoms with Gasteiger partial charge in [0.05, 0.1) is 13.2 Å². The Morgan fingerprint density at radius 3 is 2.78 bits per heavy atom. The molecule has 0 spiro atoms. The van der Waals surface area contributed by atoms with Gasteiger partial charge in [-0.2, -0.15) is 0 Å². The quantitative estimate of drug-likeness (QED) is 0.593. The molecular formula is C20H32ClN5O. The van der Waals surface area contributed by atoms with Crippen molar-refractivity contribution in [2.75, 3.05) is 57.9 Å². The van der Waals surface area contributed by atoms with Gasteiger partial charge in [-0.3, -0.25) is 9.89 Å². The van der Waals surface area contributed by atoms with Crippen molar-refractivity contribution in [3.8, 4) is 0 Å². The average molecular weight is 394 g/mol. The van der Waals surface area contributed by atoms with E-state index in [-0.39, 0.29) is 5.54 Å². The van der Waals surface area contributed by atoms with Crippen LogP contribution in [0.25, 0.3) is 0 Å². The average Bonchev–Trinajstić information content (AvgIpc) is 3.14. The zero-order chi connectivity index (χ0) is 19.3. The number of guanidine groups is 1. The van der Waals surface area contributed by atoms with Crippen LogP contribution in [0.5, 0.6) is 0 Å². The number of nitrogens with one attached hydrogen (secondary N) is 2. The molecule has 1 aromatic carbocycles. The Balaban J connectivity index is 1.49. The molecule has 27 heavy (non-hydrogen) atoms. The van der Waals surface area contributed by atoms with E-state index in [1.165, 1.54) is 5.69 Å². The van der Waals surface area contributed by atoms with E-state index in [1.54, 1.807) is 0 Å². The smallest absolute Gasteiger partial charge is 0.191 e. The fraction of sp³-hybridized carbons (Fsp3) is 0.650. The zero-order valence-corrected chi connectivity index (χ0v) is 17.4. The summed E-state index contributed by atoms with van der Waals surface area (Å²) < 4.78 is 5.47. The lowest BCUT2D eigenvalue weighted by Gasteiger charge is -2.41. The maximum atomic E-state index is 6.13. The third kappa shape index (κ3) is 5.50. The summed E-state index contributed by atoms with van der Waals surface area (Å²) in [6.45, 7) is 11.0. The van der Waals surface area contributed by atoms with Crippen LogP contribution in [0.2, 0.25) is 5.02 Å². The molecule has 2 N–H and O–H groups in total. The van der Waals surface area contributed by atoms with Crippen molar-refractivity contribution < 1.29 is 4.74 Å². The molecule has 2 saturated heterocycles. The predicted octanol–water partition coefficient (Wildman–Crippen LogP) is 2.19. The van der Waals surface area contributed by atoms with Crippen molar-refractivity contribution in [1.82, 2.24) is 15.5 Å². The lowest BCUT2D eigenvalue weighted by Crippen LogP contribution is -2.57. The summed E-state index contributed by atoms with van der Waals surface area (Å²) in [6, 6.07) is 8.45. The Hall–Kier alpha value is -1.50. The van der Waals surface area contributed by atoms with Gasteiger partial charge in [0.2, 0.25) is 0 Å². The largest absolute Gasteiger partial charge is 0.379 e. The van der Waals surface area contributed by atoms with Crippen LogP contribution < -0.4 is 15.5 Å². The number of morpholine rings is 1. The summed E-state index contributed by atoms with van der Waals surface area (Å²) in [5.74, 6) is 0.870. The lowest BCUT2D eigenvalue weighted by molar-refractivity contribution is -0.00834. The summed E-state index contributed by atoms with van der Waals surface area (Å²) in [5.41, 5.74) is 1.24. The van der Waals surface area contributed by atoms with Crippen LogP contribution in [0.15, 0.2) is 29.3 Å². The van der Waals surface area contributed by atoms with Crippen LogP contribution in [0.1, 0.15) is 20.3 Å². The second kappa shape index (κ2) is 9.13. The van der Waals surface area contributed by atoms with Crippen molar-refractivity contribution in [3.05, 3.63) is 29.3 Å². The fourth-order valence-corrected chi connectivity index (χ4v) is 3.94. The molecule has 1 aromatic rings. The minimum Gasteiger partial charge on any atom is -0.379 e. The minimum atomic E-state index is 0.0594. The summed E-state index contributed by atoms with van der Waals surface area (Å²) in [4.78, 5) is 9.27. The number of hydrogen-bond acceptors (Lipinski definition) is 4. The van der Waals surface area contributed by atoms with Crippen LogP contribution in [0, 0.1) is 0 Å². The first-order valence-corrected chi connectivity index (χ1v) is 10.2. The molecule has 2 aliphatic rings. The van der Waals surface area contributed by atoms with E-state index < -0.39 is 0 Å². The first-order valence-electron chi connectivity index (χ1n) is 9.78. The molecule has 6 nitrogen and oxygen atoms in total. The summed E-state index contributed by atoms with van der Waals surface area (Å²) in [5, 5.41) is 7.87. The first kappa shape index (κ1) is 20.2. The van der Waals surface area contributed by atoms with E-state index in [2.05, 4.69) is 45.3 Å². The molecule has 0 aliphatic carbocycles. The Kier molecular flexibility index (Phi) is 6.84. The Bertz CT molecular complexity index is 645. The Morgan fingerprint density at radius 1 is 1.30 bits per heavy atom. The maximum Gasteiger partial charge on any atom is 0.191 e. The number of nitrogens with zero attached hydrogens (tertiary/aromatic N) is 3. The van der Waals surface area contributed by atoms with E-state index in [1.807, 2.05) is 25.2 Å². The summed E-state index contributed by atoms with van der Waals surface area (Å²) >= 11 is 6.13. The number of rotatable bonds is 5. The first-order chi connectivity index (χ1) is 13.0. The molecule has 0 bridgehead atoms. The van der Waals surface area contributed by atoms with Gasteiger partial charge in [0.25, 0.3) is 0 Å². The number of halogens is 1. The highest BCUT2D eigenvalue weighted by Gasteiger charge is 2.29. The van der Waals surface area contributed by atoms with Gasteiger partial charge >= 0.3 is 0 Å². The molecule has 1 unspecified atom stereocenters. The van der Waals surface area contributed by atoms with Gasteiger partial charge in [-0.15, -0.1) is 0 Å². The third-order valence-corrected chi connectivity index (χ3v) is 5.72. The standard InChI is InChI=1S/C20H32ClN5O/c1-20(2,26-9-11-27-12-10-26)15-23-19(22-3)24-17-7-8-25(14-17)18-6-4-5-16(21)13-18/h4-6,13,17H,7-12,14-15H2,1-3H3,(H2,22,23,24). The van der Waals surface area contributed by atoms with E-state index in [4.69, 9.17) is 16.3 Å². The maximum absolute atomic E-state index is 6.13. The SMILES string of the molecule is CN=C(NCC(C)(C)N1CCOCC1)NC1CCN(c2cccc(Cl)c2)C1. The number of aliphatic imine (C=N–C) groups is 1. The van der Waals surface area contributed by atoms with Crippen LogP contribution in [0.3, 0.4) is 0 Å². The van der Waals surface area contributed by atoms with E-state index >= 15 is 0 Å². The number of anilines is 1. The van der Waals surface area contributed by atoms with Gasteiger partial charge in [0.15, 0.2) is 5.96 Å². The van der Waals surface area contributed by atoms with E-state index in [0.717, 1.165) is 63.3 Å². The monoisotopic (exact) mass is 393 g/mol. The third-order valence-electron chi connectivity index (χ3n) is 5.48. The molecule has 0 aromatic heterocycles. The molecule has 150 valence electrons. The lowest BCUT2D eigenvalue weighted by atomic mass is 10.0. The predicted molar refractivity (Wildman–Crippen MR) is 113 cm³/mol. The Labute approximate surface area is 167 Å². The molecule has 0 saturated carbocycles. The number of benzene rings is 1. The van der Waals surface area contributed by atoms with Crippen LogP contribution in [0.4, 0.5) is 5.69 Å². The van der Waals surface area contributed by atoms with Crippen LogP contribution in [-0.4, -0.2) is 75.4 Å². The zero-order valence-electron chi connectivity index (χ0n) is 16.7. The van der Waals surface area contributed by atoms with Gasteiger partial charge in [0.1, 0.15) is 0 Å². The van der Waals surface area contributed by atoms with Crippen molar-refractivity contribution in [2.24, 2.45) is 4.99 Å². The molecule has 2 fully saturated rings. The number of ether oxygens (including phenoxy) is 1. The minimum absolute atomic E-state index is 0.0594.